The molecule has 4 heteroatoms. The van der Waals surface area contributed by atoms with Gasteiger partial charge in [-0.15, -0.1) is 0 Å². The third kappa shape index (κ3) is 1.35. The number of nitrogens with zero attached hydrogens (tertiary/aromatic N) is 2. The van der Waals surface area contributed by atoms with E-state index in [-0.39, 0.29) is 0 Å². The number of aromatic nitrogens is 2. The highest BCUT2D eigenvalue weighted by atomic mass is 15.2. The first-order valence-corrected chi connectivity index (χ1v) is 3.68. The molecule has 1 aromatic heterocycles. The van der Waals surface area contributed by atoms with Gasteiger partial charge in [0, 0.05) is 12.6 Å². The second-order valence-electron chi connectivity index (χ2n) is 2.78. The smallest absolute Gasteiger partial charge is 0.200 e. The van der Waals surface area contributed by atoms with Gasteiger partial charge >= 0.3 is 0 Å². The van der Waals surface area contributed by atoms with Crippen LogP contribution in [0.2, 0.25) is 0 Å². The van der Waals surface area contributed by atoms with Crippen LogP contribution in [0, 0.1) is 0 Å². The summed E-state index contributed by atoms with van der Waals surface area (Å²) in [6, 6.07) is 0.330. The summed E-state index contributed by atoms with van der Waals surface area (Å²) in [6.07, 6.45) is 1.72. The normalized spacial score (nSPS) is 10.9. The van der Waals surface area contributed by atoms with Crippen molar-refractivity contribution >= 4 is 5.95 Å². The number of rotatable bonds is 2. The van der Waals surface area contributed by atoms with E-state index < -0.39 is 0 Å². The van der Waals surface area contributed by atoms with Gasteiger partial charge in [0.05, 0.1) is 11.9 Å². The summed E-state index contributed by atoms with van der Waals surface area (Å²) in [6.45, 7) is 4.59. The van der Waals surface area contributed by atoms with E-state index in [0.717, 1.165) is 5.69 Å². The minimum atomic E-state index is 0.330. The lowest BCUT2D eigenvalue weighted by molar-refractivity contribution is 0.583. The molecule has 0 radical (unpaired) electrons. The van der Waals surface area contributed by atoms with E-state index in [1.165, 1.54) is 0 Å². The lowest BCUT2D eigenvalue weighted by atomic mass is 10.3. The average molecular weight is 154 g/mol. The Morgan fingerprint density at radius 3 is 2.64 bits per heavy atom. The Kier molecular flexibility index (Phi) is 2.14. The maximum Gasteiger partial charge on any atom is 0.200 e. The standard InChI is InChI=1S/C7H14N4/c1-5(2)11-6(3-8)4-10-7(11)9/h4-5H,3,8H2,1-2H3,(H2,9,10). The van der Waals surface area contributed by atoms with Crippen molar-refractivity contribution < 1.29 is 0 Å². The Morgan fingerprint density at radius 2 is 2.27 bits per heavy atom. The van der Waals surface area contributed by atoms with Crippen LogP contribution in [0.15, 0.2) is 6.20 Å². The van der Waals surface area contributed by atoms with Gasteiger partial charge in [0.15, 0.2) is 0 Å². The van der Waals surface area contributed by atoms with Crippen molar-refractivity contribution in [3.63, 3.8) is 0 Å². The van der Waals surface area contributed by atoms with Crippen molar-refractivity contribution in [1.29, 1.82) is 0 Å². The number of imidazole rings is 1. The van der Waals surface area contributed by atoms with E-state index in [1.54, 1.807) is 6.20 Å². The van der Waals surface area contributed by atoms with Crippen LogP contribution in [0.1, 0.15) is 25.6 Å². The van der Waals surface area contributed by atoms with Crippen LogP contribution in [0.3, 0.4) is 0 Å². The molecule has 0 amide bonds. The van der Waals surface area contributed by atoms with Crippen molar-refractivity contribution in [3.8, 4) is 0 Å². The Morgan fingerprint density at radius 1 is 1.64 bits per heavy atom. The second-order valence-corrected chi connectivity index (χ2v) is 2.78. The Bertz CT molecular complexity index is 239. The number of nitrogen functional groups attached to an aromatic ring is 1. The molecule has 11 heavy (non-hydrogen) atoms. The van der Waals surface area contributed by atoms with Crippen LogP contribution in [0.5, 0.6) is 0 Å². The fourth-order valence-electron chi connectivity index (χ4n) is 1.16. The predicted molar refractivity (Wildman–Crippen MR) is 44.9 cm³/mol. The van der Waals surface area contributed by atoms with Crippen molar-refractivity contribution in [3.05, 3.63) is 11.9 Å². The van der Waals surface area contributed by atoms with E-state index in [1.807, 2.05) is 4.57 Å². The fraction of sp³-hybridized carbons (Fsp3) is 0.571. The quantitative estimate of drug-likeness (QED) is 0.651. The van der Waals surface area contributed by atoms with Gasteiger partial charge in [-0.2, -0.15) is 0 Å². The zero-order chi connectivity index (χ0) is 8.43. The van der Waals surface area contributed by atoms with Crippen molar-refractivity contribution in [2.24, 2.45) is 5.73 Å². The lowest BCUT2D eigenvalue weighted by Crippen LogP contribution is -2.11. The first kappa shape index (κ1) is 8.07. The molecule has 0 saturated carbocycles. The molecule has 0 saturated heterocycles. The highest BCUT2D eigenvalue weighted by Gasteiger charge is 2.07. The van der Waals surface area contributed by atoms with Gasteiger partial charge < -0.3 is 16.0 Å². The molecule has 1 heterocycles. The van der Waals surface area contributed by atoms with Crippen LogP contribution >= 0.6 is 0 Å². The summed E-state index contributed by atoms with van der Waals surface area (Å²) in [5, 5.41) is 0. The zero-order valence-corrected chi connectivity index (χ0v) is 6.91. The molecule has 0 aliphatic heterocycles. The van der Waals surface area contributed by atoms with Crippen molar-refractivity contribution in [2.75, 3.05) is 5.73 Å². The number of anilines is 1. The molecule has 1 rings (SSSR count). The Hall–Kier alpha value is -1.03. The van der Waals surface area contributed by atoms with E-state index in [2.05, 4.69) is 18.8 Å². The van der Waals surface area contributed by atoms with Crippen LogP contribution < -0.4 is 11.5 Å². The van der Waals surface area contributed by atoms with E-state index in [4.69, 9.17) is 11.5 Å². The molecule has 0 aromatic carbocycles. The zero-order valence-electron chi connectivity index (χ0n) is 6.91. The van der Waals surface area contributed by atoms with Gasteiger partial charge in [-0.1, -0.05) is 0 Å². The molecule has 0 bridgehead atoms. The van der Waals surface area contributed by atoms with Crippen LogP contribution in [0.25, 0.3) is 0 Å². The lowest BCUT2D eigenvalue weighted by Gasteiger charge is -2.11. The molecule has 1 aromatic rings. The Balaban J connectivity index is 3.07. The van der Waals surface area contributed by atoms with E-state index in [0.29, 0.717) is 18.5 Å². The third-order valence-electron chi connectivity index (χ3n) is 1.63. The molecule has 0 atom stereocenters. The highest BCUT2D eigenvalue weighted by molar-refractivity contribution is 5.23. The molecule has 4 N–H and O–H groups in total. The average Bonchev–Trinajstić information content (AvgIpc) is 2.30. The first-order chi connectivity index (χ1) is 5.16. The molecule has 62 valence electrons. The Labute approximate surface area is 66.2 Å². The van der Waals surface area contributed by atoms with E-state index in [9.17, 15) is 0 Å². The molecular formula is C7H14N4. The molecular weight excluding hydrogens is 140 g/mol. The molecule has 0 spiro atoms. The number of hydrogen-bond acceptors (Lipinski definition) is 3. The molecule has 0 unspecified atom stereocenters. The molecule has 4 nitrogen and oxygen atoms in total. The van der Waals surface area contributed by atoms with Crippen molar-refractivity contribution in [2.45, 2.75) is 26.4 Å². The van der Waals surface area contributed by atoms with Gasteiger partial charge in [-0.3, -0.25) is 0 Å². The van der Waals surface area contributed by atoms with Crippen molar-refractivity contribution in [1.82, 2.24) is 9.55 Å². The summed E-state index contributed by atoms with van der Waals surface area (Å²) < 4.78 is 1.93. The van der Waals surface area contributed by atoms with Crippen LogP contribution in [-0.4, -0.2) is 9.55 Å². The van der Waals surface area contributed by atoms with Crippen LogP contribution in [-0.2, 0) is 6.54 Å². The molecule has 0 fully saturated rings. The monoisotopic (exact) mass is 154 g/mol. The van der Waals surface area contributed by atoms with Gasteiger partial charge in [-0.05, 0) is 13.8 Å². The molecule has 0 aliphatic rings. The summed E-state index contributed by atoms with van der Waals surface area (Å²) in [5.74, 6) is 0.542. The molecule has 0 aliphatic carbocycles. The van der Waals surface area contributed by atoms with Gasteiger partial charge in [0.1, 0.15) is 0 Å². The minimum Gasteiger partial charge on any atom is -0.369 e. The van der Waals surface area contributed by atoms with Gasteiger partial charge in [0.25, 0.3) is 0 Å². The topological polar surface area (TPSA) is 69.9 Å². The summed E-state index contributed by atoms with van der Waals surface area (Å²) >= 11 is 0. The fourth-order valence-corrected chi connectivity index (χ4v) is 1.16. The third-order valence-corrected chi connectivity index (χ3v) is 1.63. The maximum absolute atomic E-state index is 5.61. The minimum absolute atomic E-state index is 0.330. The van der Waals surface area contributed by atoms with Crippen LogP contribution in [0.4, 0.5) is 5.95 Å². The number of hydrogen-bond donors (Lipinski definition) is 2. The highest BCUT2D eigenvalue weighted by Crippen LogP contribution is 2.13. The van der Waals surface area contributed by atoms with E-state index >= 15 is 0 Å². The summed E-state index contributed by atoms with van der Waals surface area (Å²) in [5.41, 5.74) is 12.1. The largest absolute Gasteiger partial charge is 0.369 e. The first-order valence-electron chi connectivity index (χ1n) is 3.68. The maximum atomic E-state index is 5.61. The van der Waals surface area contributed by atoms with Gasteiger partial charge in [0.2, 0.25) is 5.95 Å². The second kappa shape index (κ2) is 2.92. The predicted octanol–water partition coefficient (Wildman–Crippen LogP) is 0.505. The number of nitrogens with two attached hydrogens (primary N) is 2. The summed E-state index contributed by atoms with van der Waals surface area (Å²) in [4.78, 5) is 3.97. The summed E-state index contributed by atoms with van der Waals surface area (Å²) in [7, 11) is 0. The van der Waals surface area contributed by atoms with Gasteiger partial charge in [-0.25, -0.2) is 4.98 Å². The SMILES string of the molecule is CC(C)n1c(CN)cnc1N.